The summed E-state index contributed by atoms with van der Waals surface area (Å²) in [6.07, 6.45) is -1.64. The number of aromatic nitrogens is 3. The van der Waals surface area contributed by atoms with Crippen molar-refractivity contribution in [3.05, 3.63) is 51.4 Å². The fraction of sp³-hybridized carbons (Fsp3) is 0.350. The number of H-pyrrole nitrogens is 1. The lowest BCUT2D eigenvalue weighted by atomic mass is 9.98. The average molecular weight is 454 g/mol. The Hall–Kier alpha value is -2.85. The van der Waals surface area contributed by atoms with Crippen LogP contribution in [-0.4, -0.2) is 39.8 Å². The summed E-state index contributed by atoms with van der Waals surface area (Å²) in [6, 6.07) is 5.01. The summed E-state index contributed by atoms with van der Waals surface area (Å²) in [5, 5.41) is 11.9. The molecule has 0 aliphatic carbocycles. The molecule has 11 heteroatoms. The molecule has 3 N–H and O–H groups in total. The molecular weight excluding hydrogens is 435 g/mol. The Labute approximate surface area is 179 Å². The summed E-state index contributed by atoms with van der Waals surface area (Å²) < 4.78 is 39.7. The minimum absolute atomic E-state index is 0.0879. The number of benzene rings is 1. The highest BCUT2D eigenvalue weighted by Crippen LogP contribution is 2.37. The summed E-state index contributed by atoms with van der Waals surface area (Å²) >= 11 is 5.70. The van der Waals surface area contributed by atoms with Crippen molar-refractivity contribution in [3.8, 4) is 0 Å². The Balaban J connectivity index is 1.76. The molecule has 1 aliphatic heterocycles. The first-order valence-corrected chi connectivity index (χ1v) is 10.0. The molecule has 2 aromatic heterocycles. The van der Waals surface area contributed by atoms with Crippen LogP contribution in [0.25, 0.3) is 10.9 Å². The van der Waals surface area contributed by atoms with E-state index in [4.69, 9.17) is 11.6 Å². The fourth-order valence-electron chi connectivity index (χ4n) is 3.58. The van der Waals surface area contributed by atoms with Gasteiger partial charge in [0.05, 0.1) is 16.1 Å². The topological polar surface area (TPSA) is 94.1 Å². The predicted octanol–water partition coefficient (Wildman–Crippen LogP) is 3.94. The molecule has 0 spiro atoms. The number of hydrogen-bond acceptors (Lipinski definition) is 6. The van der Waals surface area contributed by atoms with Crippen molar-refractivity contribution < 1.29 is 18.3 Å². The quantitative estimate of drug-likeness (QED) is 0.554. The van der Waals surface area contributed by atoms with E-state index in [1.165, 1.54) is 12.3 Å². The lowest BCUT2D eigenvalue weighted by molar-refractivity contribution is -0.137. The van der Waals surface area contributed by atoms with E-state index in [9.17, 15) is 23.1 Å². The van der Waals surface area contributed by atoms with Crippen LogP contribution in [0.2, 0.25) is 5.02 Å². The number of anilines is 3. The summed E-state index contributed by atoms with van der Waals surface area (Å²) in [6.45, 7) is 1.36. The van der Waals surface area contributed by atoms with Crippen LogP contribution in [0.4, 0.5) is 30.6 Å². The van der Waals surface area contributed by atoms with Crippen molar-refractivity contribution in [2.24, 2.45) is 5.92 Å². The highest BCUT2D eigenvalue weighted by atomic mass is 35.5. The van der Waals surface area contributed by atoms with Crippen LogP contribution in [-0.2, 0) is 6.18 Å². The van der Waals surface area contributed by atoms with Crippen LogP contribution in [0.1, 0.15) is 18.4 Å². The van der Waals surface area contributed by atoms with Gasteiger partial charge in [-0.25, -0.2) is 4.98 Å². The van der Waals surface area contributed by atoms with Crippen LogP contribution in [0.3, 0.4) is 0 Å². The zero-order valence-electron chi connectivity index (χ0n) is 16.2. The van der Waals surface area contributed by atoms with Crippen molar-refractivity contribution in [2.75, 3.05) is 29.9 Å². The number of nitrogens with one attached hydrogen (secondary N) is 2. The van der Waals surface area contributed by atoms with E-state index in [2.05, 4.69) is 20.3 Å². The molecule has 0 atom stereocenters. The van der Waals surface area contributed by atoms with Gasteiger partial charge in [-0.05, 0) is 43.0 Å². The molecule has 0 amide bonds. The van der Waals surface area contributed by atoms with Crippen LogP contribution in [0, 0.1) is 5.92 Å². The third-order valence-electron chi connectivity index (χ3n) is 5.30. The van der Waals surface area contributed by atoms with Gasteiger partial charge in [0, 0.05) is 31.6 Å². The molecule has 1 aromatic carbocycles. The summed E-state index contributed by atoms with van der Waals surface area (Å²) in [4.78, 5) is 25.8. The van der Waals surface area contributed by atoms with Gasteiger partial charge >= 0.3 is 6.18 Å². The third kappa shape index (κ3) is 4.45. The number of rotatable bonds is 4. The van der Waals surface area contributed by atoms with Gasteiger partial charge in [0.25, 0.3) is 5.56 Å². The molecule has 0 unspecified atom stereocenters. The van der Waals surface area contributed by atoms with Gasteiger partial charge in [-0.15, -0.1) is 0 Å². The number of nitrogens with zero attached hydrogens (tertiary/aromatic N) is 3. The SMILES string of the molecule is O=c1[nH]ccc2nc(N3CCC(CO)CC3)nc(Nc3ccc(Cl)c(C(F)(F)F)c3)c12. The van der Waals surface area contributed by atoms with Crippen molar-refractivity contribution in [3.63, 3.8) is 0 Å². The summed E-state index contributed by atoms with van der Waals surface area (Å²) in [7, 11) is 0. The van der Waals surface area contributed by atoms with E-state index in [1.807, 2.05) is 4.90 Å². The number of pyridine rings is 1. The second kappa shape index (κ2) is 8.35. The largest absolute Gasteiger partial charge is 0.417 e. The Morgan fingerprint density at radius 3 is 2.65 bits per heavy atom. The Bertz CT molecular complexity index is 1160. The molecule has 4 rings (SSSR count). The van der Waals surface area contributed by atoms with Gasteiger partial charge in [0.15, 0.2) is 0 Å². The van der Waals surface area contributed by atoms with Crippen molar-refractivity contribution in [1.82, 2.24) is 15.0 Å². The van der Waals surface area contributed by atoms with E-state index >= 15 is 0 Å². The zero-order chi connectivity index (χ0) is 22.2. The molecule has 0 radical (unpaired) electrons. The van der Waals surface area contributed by atoms with E-state index in [-0.39, 0.29) is 29.4 Å². The molecule has 31 heavy (non-hydrogen) atoms. The van der Waals surface area contributed by atoms with Crippen LogP contribution < -0.4 is 15.8 Å². The second-order valence-corrected chi connectivity index (χ2v) is 7.78. The molecule has 1 aliphatic rings. The average Bonchev–Trinajstić information content (AvgIpc) is 2.74. The molecule has 0 saturated carbocycles. The lowest BCUT2D eigenvalue weighted by Crippen LogP contribution is -2.36. The Morgan fingerprint density at radius 2 is 1.97 bits per heavy atom. The number of halogens is 4. The van der Waals surface area contributed by atoms with Gasteiger partial charge in [-0.3, -0.25) is 4.79 Å². The third-order valence-corrected chi connectivity index (χ3v) is 5.63. The molecule has 1 fully saturated rings. The molecule has 3 aromatic rings. The number of hydrogen-bond donors (Lipinski definition) is 3. The molecule has 1 saturated heterocycles. The van der Waals surface area contributed by atoms with Gasteiger partial charge in [-0.1, -0.05) is 11.6 Å². The maximum atomic E-state index is 13.2. The van der Waals surface area contributed by atoms with Crippen LogP contribution >= 0.6 is 11.6 Å². The van der Waals surface area contributed by atoms with Crippen molar-refractivity contribution in [2.45, 2.75) is 19.0 Å². The number of piperidine rings is 1. The predicted molar refractivity (Wildman–Crippen MR) is 112 cm³/mol. The van der Waals surface area contributed by atoms with Crippen LogP contribution in [0.5, 0.6) is 0 Å². The lowest BCUT2D eigenvalue weighted by Gasteiger charge is -2.31. The fourth-order valence-corrected chi connectivity index (χ4v) is 3.81. The first kappa shape index (κ1) is 21.4. The molecule has 0 bridgehead atoms. The monoisotopic (exact) mass is 453 g/mol. The standard InChI is InChI=1S/C20H19ClF3N5O2/c21-14-2-1-12(9-13(14)20(22,23)24)26-17-16-15(3-6-25-18(16)31)27-19(28-17)29-7-4-11(10-30)5-8-29/h1-3,6,9,11,30H,4-5,7-8,10H2,(H,25,31)(H,26,27,28). The number of fused-ring (bicyclic) bond motifs is 1. The molecular formula is C20H19ClF3N5O2. The van der Waals surface area contributed by atoms with E-state index in [0.29, 0.717) is 24.6 Å². The van der Waals surface area contributed by atoms with E-state index < -0.39 is 22.3 Å². The minimum atomic E-state index is -4.62. The van der Waals surface area contributed by atoms with Gasteiger partial charge < -0.3 is 20.3 Å². The zero-order valence-corrected chi connectivity index (χ0v) is 17.0. The highest BCUT2D eigenvalue weighted by Gasteiger charge is 2.33. The Kier molecular flexibility index (Phi) is 5.76. The van der Waals surface area contributed by atoms with Crippen molar-refractivity contribution in [1.29, 1.82) is 0 Å². The van der Waals surface area contributed by atoms with Crippen molar-refractivity contribution >= 4 is 40.0 Å². The van der Waals surface area contributed by atoms with Gasteiger partial charge in [-0.2, -0.15) is 18.2 Å². The van der Waals surface area contributed by atoms with Gasteiger partial charge in [0.2, 0.25) is 5.95 Å². The smallest absolute Gasteiger partial charge is 0.396 e. The maximum Gasteiger partial charge on any atom is 0.417 e. The first-order valence-electron chi connectivity index (χ1n) is 9.65. The highest BCUT2D eigenvalue weighted by molar-refractivity contribution is 6.31. The summed E-state index contributed by atoms with van der Waals surface area (Å²) in [5.74, 6) is 0.676. The molecule has 3 heterocycles. The second-order valence-electron chi connectivity index (χ2n) is 7.37. The first-order chi connectivity index (χ1) is 14.8. The number of aliphatic hydroxyl groups is 1. The minimum Gasteiger partial charge on any atom is -0.396 e. The Morgan fingerprint density at radius 1 is 1.23 bits per heavy atom. The normalized spacial score (nSPS) is 15.5. The molecule has 7 nitrogen and oxygen atoms in total. The number of aliphatic hydroxyl groups excluding tert-OH is 1. The number of alkyl halides is 3. The van der Waals surface area contributed by atoms with Crippen LogP contribution in [0.15, 0.2) is 35.3 Å². The molecule has 164 valence electrons. The summed E-state index contributed by atoms with van der Waals surface area (Å²) in [5.41, 5.74) is -0.997. The van der Waals surface area contributed by atoms with Gasteiger partial charge in [0.1, 0.15) is 11.2 Å². The maximum absolute atomic E-state index is 13.2. The van der Waals surface area contributed by atoms with E-state index in [0.717, 1.165) is 25.0 Å². The van der Waals surface area contributed by atoms with E-state index in [1.54, 1.807) is 6.07 Å². The number of aromatic amines is 1.